The molecule has 4 heteroatoms. The van der Waals surface area contributed by atoms with E-state index >= 15 is 0 Å². The molecule has 0 aliphatic carbocycles. The fraction of sp³-hybridized carbons (Fsp3) is 0.364. The van der Waals surface area contributed by atoms with Gasteiger partial charge < -0.3 is 10.6 Å². The molecular formula is C11H13BrN2O. The normalized spacial score (nSPS) is 14.5. The molecule has 1 aromatic rings. The van der Waals surface area contributed by atoms with E-state index < -0.39 is 0 Å². The molecular weight excluding hydrogens is 256 g/mol. The molecule has 0 radical (unpaired) electrons. The zero-order chi connectivity index (χ0) is 10.8. The summed E-state index contributed by atoms with van der Waals surface area (Å²) in [5.74, 6) is -0.0374. The minimum Gasteiger partial charge on any atom is -0.325 e. The van der Waals surface area contributed by atoms with Crippen molar-refractivity contribution in [2.75, 3.05) is 11.9 Å². The molecule has 1 aliphatic heterocycles. The van der Waals surface area contributed by atoms with Crippen molar-refractivity contribution in [1.82, 2.24) is 5.32 Å². The first-order chi connectivity index (χ1) is 7.18. The minimum absolute atomic E-state index is 0.0374. The summed E-state index contributed by atoms with van der Waals surface area (Å²) < 4.78 is 1.02. The highest BCUT2D eigenvalue weighted by Gasteiger charge is 2.14. The maximum atomic E-state index is 11.0. The SMILES string of the molecule is CC(=O)Nc1ccc2c(c1Br)CCNC2. The molecule has 15 heavy (non-hydrogen) atoms. The minimum atomic E-state index is -0.0374. The number of nitrogens with one attached hydrogen (secondary N) is 2. The summed E-state index contributed by atoms with van der Waals surface area (Å²) in [4.78, 5) is 11.0. The fourth-order valence-corrected chi connectivity index (χ4v) is 2.50. The maximum Gasteiger partial charge on any atom is 0.221 e. The maximum absolute atomic E-state index is 11.0. The molecule has 0 spiro atoms. The van der Waals surface area contributed by atoms with Gasteiger partial charge in [0.15, 0.2) is 0 Å². The Hall–Kier alpha value is -0.870. The molecule has 1 amide bonds. The Morgan fingerprint density at radius 1 is 1.53 bits per heavy atom. The van der Waals surface area contributed by atoms with Crippen LogP contribution in [0.4, 0.5) is 5.69 Å². The van der Waals surface area contributed by atoms with E-state index in [1.165, 1.54) is 18.1 Å². The van der Waals surface area contributed by atoms with Crippen LogP contribution in [0, 0.1) is 0 Å². The number of carbonyl (C=O) groups is 1. The second-order valence-electron chi connectivity index (χ2n) is 3.67. The number of hydrogen-bond acceptors (Lipinski definition) is 2. The molecule has 0 saturated carbocycles. The number of rotatable bonds is 1. The second kappa shape index (κ2) is 4.33. The van der Waals surface area contributed by atoms with Crippen molar-refractivity contribution in [3.63, 3.8) is 0 Å². The quantitative estimate of drug-likeness (QED) is 0.819. The van der Waals surface area contributed by atoms with Crippen molar-refractivity contribution in [1.29, 1.82) is 0 Å². The molecule has 0 aromatic heterocycles. The van der Waals surface area contributed by atoms with Crippen LogP contribution in [-0.2, 0) is 17.8 Å². The Morgan fingerprint density at radius 3 is 3.07 bits per heavy atom. The van der Waals surface area contributed by atoms with Crippen LogP contribution in [0.5, 0.6) is 0 Å². The van der Waals surface area contributed by atoms with Crippen molar-refractivity contribution < 1.29 is 4.79 Å². The molecule has 1 heterocycles. The standard InChI is InChI=1S/C11H13BrN2O/c1-7(15)14-10-3-2-8-6-13-5-4-9(8)11(10)12/h2-3,13H,4-6H2,1H3,(H,14,15). The summed E-state index contributed by atoms with van der Waals surface area (Å²) in [5, 5.41) is 6.14. The van der Waals surface area contributed by atoms with E-state index in [0.717, 1.165) is 29.7 Å². The molecule has 1 aromatic carbocycles. The third-order valence-electron chi connectivity index (χ3n) is 2.52. The van der Waals surface area contributed by atoms with Crippen LogP contribution in [-0.4, -0.2) is 12.5 Å². The molecule has 0 unspecified atom stereocenters. The van der Waals surface area contributed by atoms with E-state index in [9.17, 15) is 4.79 Å². The highest BCUT2D eigenvalue weighted by molar-refractivity contribution is 9.10. The first kappa shape index (κ1) is 10.6. The number of carbonyl (C=O) groups excluding carboxylic acids is 1. The first-order valence-corrected chi connectivity index (χ1v) is 5.76. The largest absolute Gasteiger partial charge is 0.325 e. The molecule has 1 aliphatic rings. The van der Waals surface area contributed by atoms with Crippen LogP contribution in [0.2, 0.25) is 0 Å². The molecule has 0 bridgehead atoms. The van der Waals surface area contributed by atoms with Gasteiger partial charge in [-0.25, -0.2) is 0 Å². The van der Waals surface area contributed by atoms with Crippen molar-refractivity contribution >= 4 is 27.5 Å². The predicted molar refractivity (Wildman–Crippen MR) is 63.9 cm³/mol. The molecule has 80 valence electrons. The highest BCUT2D eigenvalue weighted by Crippen LogP contribution is 2.31. The van der Waals surface area contributed by atoms with Crippen LogP contribution in [0.1, 0.15) is 18.1 Å². The van der Waals surface area contributed by atoms with Gasteiger partial charge in [0.1, 0.15) is 0 Å². The molecule has 0 atom stereocenters. The zero-order valence-corrected chi connectivity index (χ0v) is 10.1. The third-order valence-corrected chi connectivity index (χ3v) is 3.42. The smallest absolute Gasteiger partial charge is 0.221 e. The monoisotopic (exact) mass is 268 g/mol. The number of amides is 1. The van der Waals surface area contributed by atoms with Crippen LogP contribution >= 0.6 is 15.9 Å². The van der Waals surface area contributed by atoms with Crippen LogP contribution in [0.25, 0.3) is 0 Å². The molecule has 0 fully saturated rings. The van der Waals surface area contributed by atoms with Crippen LogP contribution in [0.3, 0.4) is 0 Å². The lowest BCUT2D eigenvalue weighted by Gasteiger charge is -2.20. The molecule has 2 rings (SSSR count). The predicted octanol–water partition coefficient (Wildman–Crippen LogP) is 2.05. The second-order valence-corrected chi connectivity index (χ2v) is 4.47. The Kier molecular flexibility index (Phi) is 3.07. The number of halogens is 1. The van der Waals surface area contributed by atoms with Gasteiger partial charge in [0.05, 0.1) is 5.69 Å². The third kappa shape index (κ3) is 2.21. The summed E-state index contributed by atoms with van der Waals surface area (Å²) in [6.45, 7) is 3.43. The summed E-state index contributed by atoms with van der Waals surface area (Å²) in [5.41, 5.74) is 3.48. The van der Waals surface area contributed by atoms with Gasteiger partial charge >= 0.3 is 0 Å². The molecule has 2 N–H and O–H groups in total. The van der Waals surface area contributed by atoms with E-state index in [4.69, 9.17) is 0 Å². The Bertz CT molecular complexity index is 404. The van der Waals surface area contributed by atoms with Gasteiger partial charge in [-0.2, -0.15) is 0 Å². The molecule has 3 nitrogen and oxygen atoms in total. The van der Waals surface area contributed by atoms with Crippen molar-refractivity contribution in [2.45, 2.75) is 19.9 Å². The summed E-state index contributed by atoms with van der Waals surface area (Å²) in [6, 6.07) is 4.01. The number of benzene rings is 1. The first-order valence-electron chi connectivity index (χ1n) is 4.97. The number of anilines is 1. The Balaban J connectivity index is 2.38. The summed E-state index contributed by atoms with van der Waals surface area (Å²) in [7, 11) is 0. The number of fused-ring (bicyclic) bond motifs is 1. The van der Waals surface area contributed by atoms with E-state index in [1.807, 2.05) is 6.07 Å². The van der Waals surface area contributed by atoms with Gasteiger partial charge in [0.25, 0.3) is 0 Å². The Morgan fingerprint density at radius 2 is 2.33 bits per heavy atom. The van der Waals surface area contributed by atoms with E-state index in [2.05, 4.69) is 32.6 Å². The van der Waals surface area contributed by atoms with Crippen LogP contribution < -0.4 is 10.6 Å². The summed E-state index contributed by atoms with van der Waals surface area (Å²) in [6.07, 6.45) is 1.00. The topological polar surface area (TPSA) is 41.1 Å². The average Bonchev–Trinajstić information content (AvgIpc) is 2.22. The van der Waals surface area contributed by atoms with Gasteiger partial charge in [-0.15, -0.1) is 0 Å². The lowest BCUT2D eigenvalue weighted by atomic mass is 10.0. The van der Waals surface area contributed by atoms with Gasteiger partial charge in [0.2, 0.25) is 5.91 Å². The van der Waals surface area contributed by atoms with E-state index in [1.54, 1.807) is 0 Å². The lowest BCUT2D eigenvalue weighted by Crippen LogP contribution is -2.24. The average molecular weight is 269 g/mol. The number of hydrogen-bond donors (Lipinski definition) is 2. The van der Waals surface area contributed by atoms with E-state index in [0.29, 0.717) is 0 Å². The van der Waals surface area contributed by atoms with Crippen molar-refractivity contribution in [2.24, 2.45) is 0 Å². The zero-order valence-electron chi connectivity index (χ0n) is 8.56. The van der Waals surface area contributed by atoms with Gasteiger partial charge in [-0.1, -0.05) is 6.07 Å². The van der Waals surface area contributed by atoms with Gasteiger partial charge in [0, 0.05) is 17.9 Å². The van der Waals surface area contributed by atoms with Crippen molar-refractivity contribution in [3.8, 4) is 0 Å². The highest BCUT2D eigenvalue weighted by atomic mass is 79.9. The van der Waals surface area contributed by atoms with Crippen LogP contribution in [0.15, 0.2) is 16.6 Å². The van der Waals surface area contributed by atoms with Gasteiger partial charge in [-0.3, -0.25) is 4.79 Å². The van der Waals surface area contributed by atoms with E-state index in [-0.39, 0.29) is 5.91 Å². The fourth-order valence-electron chi connectivity index (χ4n) is 1.82. The summed E-state index contributed by atoms with van der Waals surface area (Å²) >= 11 is 3.55. The lowest BCUT2D eigenvalue weighted by molar-refractivity contribution is -0.114. The van der Waals surface area contributed by atoms with Gasteiger partial charge in [-0.05, 0) is 46.1 Å². The van der Waals surface area contributed by atoms with Crippen molar-refractivity contribution in [3.05, 3.63) is 27.7 Å². The molecule has 0 saturated heterocycles. The Labute approximate surface area is 97.4 Å².